The molecule has 1 N–H and O–H groups in total. The average molecular weight is 452 g/mol. The fourth-order valence-corrected chi connectivity index (χ4v) is 2.25. The van der Waals surface area contributed by atoms with Gasteiger partial charge in [0.25, 0.3) is 0 Å². The molecular formula is C15H12Cl3F3O4S. The van der Waals surface area contributed by atoms with Gasteiger partial charge in [0.15, 0.2) is 0 Å². The molecule has 0 aromatic heterocycles. The van der Waals surface area contributed by atoms with Crippen LogP contribution in [0.4, 0.5) is 13.2 Å². The molecule has 0 heterocycles. The van der Waals surface area contributed by atoms with E-state index in [9.17, 15) is 13.2 Å². The summed E-state index contributed by atoms with van der Waals surface area (Å²) in [5, 5.41) is 0. The maximum Gasteiger partial charge on any atom is 0.522 e. The van der Waals surface area contributed by atoms with Crippen LogP contribution in [0.15, 0.2) is 48.5 Å². The summed E-state index contributed by atoms with van der Waals surface area (Å²) in [6, 6.07) is 15.1. The lowest BCUT2D eigenvalue weighted by molar-refractivity contribution is -0.0510. The first-order chi connectivity index (χ1) is 11.8. The SMILES string of the molecule is COc1ccc(-c2ccccc2C(Cl)(Cl)Cl)cc1.O=S(=O)(O)C(F)(F)F. The van der Waals surface area contributed by atoms with Gasteiger partial charge in [-0.3, -0.25) is 4.55 Å². The number of methoxy groups -OCH3 is 1. The van der Waals surface area contributed by atoms with Crippen molar-refractivity contribution in [3.8, 4) is 16.9 Å². The van der Waals surface area contributed by atoms with E-state index >= 15 is 0 Å². The molecule has 0 radical (unpaired) electrons. The molecule has 0 aliphatic carbocycles. The second kappa shape index (κ2) is 8.67. The van der Waals surface area contributed by atoms with Crippen LogP contribution >= 0.6 is 34.8 Å². The molecule has 2 aromatic carbocycles. The lowest BCUT2D eigenvalue weighted by Gasteiger charge is -2.16. The summed E-state index contributed by atoms with van der Waals surface area (Å²) in [6.45, 7) is 0. The Bertz CT molecular complexity index is 832. The average Bonchev–Trinajstić information content (AvgIpc) is 2.53. The van der Waals surface area contributed by atoms with E-state index in [0.717, 1.165) is 16.9 Å². The second-order valence-electron chi connectivity index (χ2n) is 4.69. The minimum atomic E-state index is -5.84. The van der Waals surface area contributed by atoms with Gasteiger partial charge in [-0.25, -0.2) is 0 Å². The van der Waals surface area contributed by atoms with Crippen LogP contribution in [0, 0.1) is 0 Å². The van der Waals surface area contributed by atoms with E-state index in [-0.39, 0.29) is 0 Å². The molecule has 2 aromatic rings. The van der Waals surface area contributed by atoms with Gasteiger partial charge >= 0.3 is 15.6 Å². The number of ether oxygens (including phenoxy) is 1. The van der Waals surface area contributed by atoms with E-state index in [4.69, 9.17) is 52.5 Å². The highest BCUT2D eigenvalue weighted by molar-refractivity contribution is 7.86. The molecule has 0 aliphatic rings. The van der Waals surface area contributed by atoms with Crippen LogP contribution in [0.1, 0.15) is 5.56 Å². The van der Waals surface area contributed by atoms with Gasteiger partial charge in [-0.05, 0) is 23.3 Å². The van der Waals surface area contributed by atoms with Crippen LogP contribution < -0.4 is 4.74 Å². The van der Waals surface area contributed by atoms with Crippen LogP contribution in [-0.2, 0) is 13.9 Å². The van der Waals surface area contributed by atoms with Gasteiger partial charge in [0, 0.05) is 5.56 Å². The Morgan fingerprint density at radius 3 is 1.81 bits per heavy atom. The summed E-state index contributed by atoms with van der Waals surface area (Å²) in [5.41, 5.74) is -2.98. The Hall–Kier alpha value is -1.19. The minimum Gasteiger partial charge on any atom is -0.497 e. The topological polar surface area (TPSA) is 63.6 Å². The van der Waals surface area contributed by atoms with E-state index in [2.05, 4.69) is 0 Å². The van der Waals surface area contributed by atoms with Crippen molar-refractivity contribution in [2.24, 2.45) is 0 Å². The van der Waals surface area contributed by atoms with Crippen LogP contribution in [0.5, 0.6) is 5.75 Å². The lowest BCUT2D eigenvalue weighted by atomic mass is 10.0. The molecule has 0 atom stereocenters. The molecule has 0 fully saturated rings. The maximum absolute atomic E-state index is 10.7. The van der Waals surface area contributed by atoms with Crippen molar-refractivity contribution < 1.29 is 30.9 Å². The van der Waals surface area contributed by atoms with Gasteiger partial charge in [0.05, 0.1) is 7.11 Å². The van der Waals surface area contributed by atoms with Crippen LogP contribution in [0.2, 0.25) is 0 Å². The lowest BCUT2D eigenvalue weighted by Crippen LogP contribution is -2.21. The highest BCUT2D eigenvalue weighted by atomic mass is 35.6. The minimum absolute atomic E-state index is 0.667. The largest absolute Gasteiger partial charge is 0.522 e. The second-order valence-corrected chi connectivity index (χ2v) is 8.39. The van der Waals surface area contributed by atoms with Gasteiger partial charge in [0.1, 0.15) is 5.75 Å². The van der Waals surface area contributed by atoms with Crippen molar-refractivity contribution in [3.05, 3.63) is 54.1 Å². The quantitative estimate of drug-likeness (QED) is 0.368. The third kappa shape index (κ3) is 6.51. The van der Waals surface area contributed by atoms with Gasteiger partial charge in [0.2, 0.25) is 3.79 Å². The first-order valence-corrected chi connectivity index (χ1v) is 9.19. The Morgan fingerprint density at radius 2 is 1.42 bits per heavy atom. The van der Waals surface area contributed by atoms with Crippen molar-refractivity contribution in [2.75, 3.05) is 7.11 Å². The van der Waals surface area contributed by atoms with Crippen molar-refractivity contribution in [1.82, 2.24) is 0 Å². The number of hydrogen-bond acceptors (Lipinski definition) is 3. The summed E-state index contributed by atoms with van der Waals surface area (Å²) < 4.78 is 61.2. The van der Waals surface area contributed by atoms with E-state index in [1.165, 1.54) is 0 Å². The van der Waals surface area contributed by atoms with E-state index in [1.807, 2.05) is 48.5 Å². The zero-order valence-electron chi connectivity index (χ0n) is 13.0. The molecule has 2 rings (SSSR count). The Morgan fingerprint density at radius 1 is 0.962 bits per heavy atom. The Labute approximate surface area is 163 Å². The molecule has 0 unspecified atom stereocenters. The summed E-state index contributed by atoms with van der Waals surface area (Å²) >= 11 is 17.9. The van der Waals surface area contributed by atoms with Crippen LogP contribution in [0.25, 0.3) is 11.1 Å². The molecular weight excluding hydrogens is 440 g/mol. The van der Waals surface area contributed by atoms with Crippen LogP contribution in [0.3, 0.4) is 0 Å². The number of hydrogen-bond donors (Lipinski definition) is 1. The highest BCUT2D eigenvalue weighted by Crippen LogP contribution is 2.43. The number of benzene rings is 2. The molecule has 144 valence electrons. The highest BCUT2D eigenvalue weighted by Gasteiger charge is 2.44. The third-order valence-electron chi connectivity index (χ3n) is 2.93. The van der Waals surface area contributed by atoms with Crippen LogP contribution in [-0.4, -0.2) is 25.6 Å². The monoisotopic (exact) mass is 450 g/mol. The number of alkyl halides is 6. The summed E-state index contributed by atoms with van der Waals surface area (Å²) in [6.07, 6.45) is 0. The predicted octanol–water partition coefficient (Wildman–Crippen LogP) is 5.58. The normalized spacial score (nSPS) is 12.2. The van der Waals surface area contributed by atoms with Crippen molar-refractivity contribution in [3.63, 3.8) is 0 Å². The molecule has 4 nitrogen and oxygen atoms in total. The van der Waals surface area contributed by atoms with Gasteiger partial charge in [-0.1, -0.05) is 71.2 Å². The Balaban J connectivity index is 0.000000359. The maximum atomic E-state index is 10.7. The molecule has 0 amide bonds. The molecule has 0 aliphatic heterocycles. The fraction of sp³-hybridized carbons (Fsp3) is 0.200. The molecule has 0 saturated carbocycles. The summed E-state index contributed by atoms with van der Waals surface area (Å²) in [4.78, 5) is 0. The Kier molecular flexibility index (Phi) is 7.62. The van der Waals surface area contributed by atoms with E-state index in [0.29, 0.717) is 5.56 Å². The molecule has 26 heavy (non-hydrogen) atoms. The van der Waals surface area contributed by atoms with Crippen molar-refractivity contribution in [1.29, 1.82) is 0 Å². The van der Waals surface area contributed by atoms with Gasteiger partial charge in [-0.15, -0.1) is 0 Å². The molecule has 0 spiro atoms. The third-order valence-corrected chi connectivity index (χ3v) is 4.12. The summed E-state index contributed by atoms with van der Waals surface area (Å²) in [5.74, 6) is 0.796. The first-order valence-electron chi connectivity index (χ1n) is 6.62. The van der Waals surface area contributed by atoms with E-state index in [1.54, 1.807) is 7.11 Å². The van der Waals surface area contributed by atoms with Crippen molar-refractivity contribution in [2.45, 2.75) is 9.30 Å². The van der Waals surface area contributed by atoms with E-state index < -0.39 is 19.4 Å². The van der Waals surface area contributed by atoms with Crippen molar-refractivity contribution >= 4 is 44.9 Å². The van der Waals surface area contributed by atoms with Gasteiger partial charge < -0.3 is 4.74 Å². The predicted molar refractivity (Wildman–Crippen MR) is 95.3 cm³/mol. The fourth-order valence-electron chi connectivity index (χ4n) is 1.75. The first kappa shape index (κ1) is 22.9. The smallest absolute Gasteiger partial charge is 0.497 e. The standard InChI is InChI=1S/C14H11Cl3O.CHF3O3S/c1-18-11-8-6-10(7-9-11)12-4-2-3-5-13(12)14(15,16)17;2-1(3,4)8(5,6)7/h2-9H,1H3;(H,5,6,7). The molecule has 0 saturated heterocycles. The zero-order chi connectivity index (χ0) is 20.2. The molecule has 0 bridgehead atoms. The van der Waals surface area contributed by atoms with Gasteiger partial charge in [-0.2, -0.15) is 21.6 Å². The molecule has 11 heteroatoms. The number of rotatable bonds is 2. The number of halogens is 6. The zero-order valence-corrected chi connectivity index (χ0v) is 16.1. The summed E-state index contributed by atoms with van der Waals surface area (Å²) in [7, 11) is -4.21.